The highest BCUT2D eigenvalue weighted by Crippen LogP contribution is 2.31. The van der Waals surface area contributed by atoms with Crippen molar-refractivity contribution in [1.29, 1.82) is 0 Å². The number of ether oxygens (including phenoxy) is 2. The molecule has 0 amide bonds. The van der Waals surface area contributed by atoms with E-state index in [9.17, 15) is 20.0 Å². The highest BCUT2D eigenvalue weighted by molar-refractivity contribution is 5.89. The van der Waals surface area contributed by atoms with Gasteiger partial charge < -0.3 is 24.4 Å². The number of nitrogens with zero attached hydrogens (tertiary/aromatic N) is 4. The number of aliphatic hydroxyl groups is 1. The summed E-state index contributed by atoms with van der Waals surface area (Å²) < 4.78 is 10.8. The average molecular weight is 476 g/mol. The summed E-state index contributed by atoms with van der Waals surface area (Å²) in [5.74, 6) is 0.394. The van der Waals surface area contributed by atoms with Crippen LogP contribution in [0.25, 0.3) is 0 Å². The summed E-state index contributed by atoms with van der Waals surface area (Å²) in [7, 11) is 0. The Bertz CT molecular complexity index is 1240. The molecular weight excluding hydrogens is 452 g/mol. The summed E-state index contributed by atoms with van der Waals surface area (Å²) in [5.41, 5.74) is 2.62. The largest absolute Gasteiger partial charge is 0.462 e. The molecular formula is C25H24N4O6. The van der Waals surface area contributed by atoms with Crippen molar-refractivity contribution >= 4 is 23.0 Å². The van der Waals surface area contributed by atoms with Crippen LogP contribution >= 0.6 is 0 Å². The number of hydrogen-bond acceptors (Lipinski definition) is 9. The highest BCUT2D eigenvalue weighted by atomic mass is 16.6. The number of esters is 1. The Morgan fingerprint density at radius 3 is 2.54 bits per heavy atom. The van der Waals surface area contributed by atoms with E-state index in [1.54, 1.807) is 53.3 Å². The lowest BCUT2D eigenvalue weighted by Gasteiger charge is -2.39. The van der Waals surface area contributed by atoms with E-state index in [1.807, 2.05) is 25.1 Å². The van der Waals surface area contributed by atoms with E-state index in [2.05, 4.69) is 4.98 Å². The Morgan fingerprint density at radius 2 is 1.91 bits per heavy atom. The Hall–Kier alpha value is -4.44. The molecule has 180 valence electrons. The van der Waals surface area contributed by atoms with Gasteiger partial charge in [-0.2, -0.15) is 0 Å². The van der Waals surface area contributed by atoms with Gasteiger partial charge in [-0.25, -0.2) is 9.78 Å². The number of anilines is 2. The van der Waals surface area contributed by atoms with Crippen molar-refractivity contribution in [2.45, 2.75) is 20.2 Å². The van der Waals surface area contributed by atoms with E-state index in [0.29, 0.717) is 30.2 Å². The molecule has 2 aromatic carbocycles. The van der Waals surface area contributed by atoms with E-state index in [0.717, 1.165) is 17.4 Å². The van der Waals surface area contributed by atoms with Gasteiger partial charge in [0.2, 0.25) is 12.2 Å². The van der Waals surface area contributed by atoms with Crippen LogP contribution in [0.3, 0.4) is 0 Å². The number of carbonyl (C=O) groups is 1. The monoisotopic (exact) mass is 476 g/mol. The van der Waals surface area contributed by atoms with Crippen molar-refractivity contribution in [2.24, 2.45) is 0 Å². The summed E-state index contributed by atoms with van der Waals surface area (Å²) in [6.45, 7) is 4.41. The molecule has 2 heterocycles. The third-order valence-electron chi connectivity index (χ3n) is 5.41. The topological polar surface area (TPSA) is 118 Å². The number of rotatable bonds is 7. The quantitative estimate of drug-likeness (QED) is 0.301. The zero-order valence-electron chi connectivity index (χ0n) is 19.2. The van der Waals surface area contributed by atoms with Crippen molar-refractivity contribution in [3.63, 3.8) is 0 Å². The maximum absolute atomic E-state index is 11.9. The Kier molecular flexibility index (Phi) is 6.93. The Morgan fingerprint density at radius 1 is 1.17 bits per heavy atom. The van der Waals surface area contributed by atoms with Crippen molar-refractivity contribution < 1.29 is 24.3 Å². The van der Waals surface area contributed by atoms with Crippen molar-refractivity contribution in [3.8, 4) is 11.6 Å². The number of aromatic nitrogens is 1. The van der Waals surface area contributed by atoms with Crippen LogP contribution in [0, 0.1) is 17.0 Å². The first kappa shape index (κ1) is 23.7. The highest BCUT2D eigenvalue weighted by Gasteiger charge is 2.25. The predicted molar refractivity (Wildman–Crippen MR) is 130 cm³/mol. The van der Waals surface area contributed by atoms with Crippen LogP contribution < -0.4 is 14.5 Å². The average Bonchev–Trinajstić information content (AvgIpc) is 2.86. The lowest BCUT2D eigenvalue weighted by Crippen LogP contribution is -2.49. The SMILES string of the molecule is CCOC(=O)c1ccc(N2C=CCN(c3ccc(Oc4ccc([N+](=O)[O-])cn4)c(C)c3)C2O)cc1. The molecule has 10 heteroatoms. The molecule has 0 aliphatic carbocycles. The zero-order chi connectivity index (χ0) is 24.9. The molecule has 4 rings (SSSR count). The Labute approximate surface area is 201 Å². The van der Waals surface area contributed by atoms with Crippen molar-refractivity contribution in [1.82, 2.24) is 4.98 Å². The molecule has 1 N–H and O–H groups in total. The fourth-order valence-electron chi connectivity index (χ4n) is 3.62. The van der Waals surface area contributed by atoms with E-state index in [-0.39, 0.29) is 11.6 Å². The van der Waals surface area contributed by atoms with Crippen molar-refractivity contribution in [3.05, 3.63) is 94.3 Å². The number of aryl methyl sites for hydroxylation is 1. The van der Waals surface area contributed by atoms with Gasteiger partial charge in [-0.05, 0) is 68.0 Å². The second-order valence-corrected chi connectivity index (χ2v) is 7.72. The minimum Gasteiger partial charge on any atom is -0.462 e. The molecule has 1 unspecified atom stereocenters. The molecule has 0 saturated heterocycles. The molecule has 35 heavy (non-hydrogen) atoms. The van der Waals surface area contributed by atoms with Gasteiger partial charge in [-0.3, -0.25) is 10.1 Å². The summed E-state index contributed by atoms with van der Waals surface area (Å²) >= 11 is 0. The first-order valence-electron chi connectivity index (χ1n) is 10.9. The molecule has 3 aromatic rings. The van der Waals surface area contributed by atoms with E-state index >= 15 is 0 Å². The molecule has 1 aliphatic heterocycles. The fourth-order valence-corrected chi connectivity index (χ4v) is 3.62. The van der Waals surface area contributed by atoms with Gasteiger partial charge in [0.25, 0.3) is 5.69 Å². The smallest absolute Gasteiger partial charge is 0.338 e. The van der Waals surface area contributed by atoms with Gasteiger partial charge in [0.1, 0.15) is 11.9 Å². The summed E-state index contributed by atoms with van der Waals surface area (Å²) in [5, 5.41) is 21.9. The number of benzene rings is 2. The molecule has 0 saturated carbocycles. The standard InChI is InChI=1S/C25H24N4O6/c1-3-34-24(30)18-5-7-19(8-6-18)27-13-4-14-28(25(27)31)20-9-11-22(17(2)15-20)35-23-12-10-21(16-26-23)29(32)33/h4-13,15-16,25,31H,3,14H2,1-2H3. The third kappa shape index (κ3) is 5.22. The van der Waals surface area contributed by atoms with Crippen LogP contribution in [0.1, 0.15) is 22.8 Å². The molecule has 10 nitrogen and oxygen atoms in total. The molecule has 1 atom stereocenters. The summed E-state index contributed by atoms with van der Waals surface area (Å²) in [6, 6.07) is 15.1. The maximum Gasteiger partial charge on any atom is 0.338 e. The fraction of sp³-hybridized carbons (Fsp3) is 0.200. The lowest BCUT2D eigenvalue weighted by atomic mass is 10.1. The van der Waals surface area contributed by atoms with Crippen LogP contribution in [0.2, 0.25) is 0 Å². The molecule has 0 radical (unpaired) electrons. The Balaban J connectivity index is 1.49. The minimum absolute atomic E-state index is 0.114. The zero-order valence-corrected chi connectivity index (χ0v) is 19.2. The number of pyridine rings is 1. The molecule has 0 fully saturated rings. The third-order valence-corrected chi connectivity index (χ3v) is 5.41. The van der Waals surface area contributed by atoms with Crippen LogP contribution in [0.15, 0.2) is 73.1 Å². The van der Waals surface area contributed by atoms with Gasteiger partial charge in [0.15, 0.2) is 0 Å². The first-order chi connectivity index (χ1) is 16.9. The summed E-state index contributed by atoms with van der Waals surface area (Å²) in [4.78, 5) is 29.6. The van der Waals surface area contributed by atoms with Crippen LogP contribution in [0.4, 0.5) is 17.1 Å². The van der Waals surface area contributed by atoms with Crippen LogP contribution in [-0.2, 0) is 4.74 Å². The number of hydrogen-bond donors (Lipinski definition) is 1. The van der Waals surface area contributed by atoms with Crippen molar-refractivity contribution in [2.75, 3.05) is 23.0 Å². The number of carbonyl (C=O) groups excluding carboxylic acids is 1. The molecule has 1 aliphatic rings. The van der Waals surface area contributed by atoms with Gasteiger partial charge in [-0.15, -0.1) is 0 Å². The van der Waals surface area contributed by atoms with E-state index < -0.39 is 17.2 Å². The van der Waals surface area contributed by atoms with Gasteiger partial charge in [0.05, 0.1) is 17.1 Å². The normalized spacial score (nSPS) is 15.1. The molecule has 0 bridgehead atoms. The predicted octanol–water partition coefficient (Wildman–Crippen LogP) is 4.38. The molecule has 0 spiro atoms. The second kappa shape index (κ2) is 10.2. The minimum atomic E-state index is -0.976. The van der Waals surface area contributed by atoms with Gasteiger partial charge in [-0.1, -0.05) is 0 Å². The second-order valence-electron chi connectivity index (χ2n) is 7.72. The van der Waals surface area contributed by atoms with E-state index in [1.165, 1.54) is 12.1 Å². The van der Waals surface area contributed by atoms with Crippen LogP contribution in [0.5, 0.6) is 11.6 Å². The lowest BCUT2D eigenvalue weighted by molar-refractivity contribution is -0.385. The van der Waals surface area contributed by atoms with Gasteiger partial charge in [0, 0.05) is 36.3 Å². The van der Waals surface area contributed by atoms with Gasteiger partial charge >= 0.3 is 5.97 Å². The summed E-state index contributed by atoms with van der Waals surface area (Å²) in [6.07, 6.45) is 3.89. The first-order valence-corrected chi connectivity index (χ1v) is 10.9. The van der Waals surface area contributed by atoms with Crippen LogP contribution in [-0.4, -0.2) is 40.5 Å². The number of nitro groups is 1. The van der Waals surface area contributed by atoms with E-state index in [4.69, 9.17) is 9.47 Å². The maximum atomic E-state index is 11.9. The molecule has 1 aromatic heterocycles. The number of aliphatic hydroxyl groups excluding tert-OH is 1.